The Morgan fingerprint density at radius 1 is 1.48 bits per heavy atom. The summed E-state index contributed by atoms with van der Waals surface area (Å²) < 4.78 is 18.8. The molecule has 0 aliphatic heterocycles. The van der Waals surface area contributed by atoms with Gasteiger partial charge in [0.1, 0.15) is 5.60 Å². The minimum Gasteiger partial charge on any atom is -0.444 e. The van der Waals surface area contributed by atoms with Crippen molar-refractivity contribution < 1.29 is 13.9 Å². The van der Waals surface area contributed by atoms with Crippen LogP contribution in [0.25, 0.3) is 0 Å². The van der Waals surface area contributed by atoms with E-state index in [-0.39, 0.29) is 23.2 Å². The molecule has 0 spiro atoms. The fourth-order valence-electron chi connectivity index (χ4n) is 2.57. The van der Waals surface area contributed by atoms with Crippen molar-refractivity contribution in [2.24, 2.45) is 4.99 Å². The molecule has 1 saturated carbocycles. The van der Waals surface area contributed by atoms with E-state index in [0.29, 0.717) is 6.42 Å². The summed E-state index contributed by atoms with van der Waals surface area (Å²) in [5.41, 5.74) is -0.555. The van der Waals surface area contributed by atoms with E-state index >= 15 is 0 Å². The van der Waals surface area contributed by atoms with Crippen LogP contribution < -0.4 is 10.6 Å². The smallest absolute Gasteiger partial charge is 0.412 e. The van der Waals surface area contributed by atoms with Gasteiger partial charge in [-0.2, -0.15) is 4.98 Å². The first-order chi connectivity index (χ1) is 11.7. The molecule has 1 aromatic rings. The first-order valence-electron chi connectivity index (χ1n) is 8.18. The Labute approximate surface area is 151 Å². The van der Waals surface area contributed by atoms with Crippen LogP contribution in [0.4, 0.5) is 15.0 Å². The molecule has 1 heterocycles. The molecule has 0 aromatic carbocycles. The molecule has 7 nitrogen and oxygen atoms in total. The van der Waals surface area contributed by atoms with Crippen molar-refractivity contribution in [1.29, 1.82) is 0 Å². The van der Waals surface area contributed by atoms with Gasteiger partial charge >= 0.3 is 6.09 Å². The highest BCUT2D eigenvalue weighted by Crippen LogP contribution is 2.24. The van der Waals surface area contributed by atoms with E-state index in [1.54, 1.807) is 20.8 Å². The number of halogens is 2. The van der Waals surface area contributed by atoms with Crippen molar-refractivity contribution in [3.05, 3.63) is 17.3 Å². The Kier molecular flexibility index (Phi) is 6.52. The molecule has 138 valence electrons. The van der Waals surface area contributed by atoms with Gasteiger partial charge in [0.2, 0.25) is 5.28 Å². The number of rotatable bonds is 4. The topological polar surface area (TPSA) is 88.5 Å². The Morgan fingerprint density at radius 2 is 2.24 bits per heavy atom. The highest BCUT2D eigenvalue weighted by atomic mass is 35.5. The number of carbonyl (C=O) groups excluding carboxylic acids is 1. The molecule has 2 N–H and O–H groups in total. The molecular weight excluding hydrogens is 349 g/mol. The summed E-state index contributed by atoms with van der Waals surface area (Å²) >= 11 is 5.70. The third kappa shape index (κ3) is 6.81. The number of anilines is 1. The maximum atomic E-state index is 13.7. The number of hydrogen-bond acceptors (Lipinski definition) is 6. The SMILES string of the molecule is CC(C)(C)OC(=O)NC=N[C@@H]1CCC[C@H](Nc2nc(Cl)ncc2F)C1. The molecule has 25 heavy (non-hydrogen) atoms. The average molecular weight is 372 g/mol. The standard InChI is InChI=1S/C16H23ClFN5O2/c1-16(2,3)25-15(24)21-9-20-10-5-4-6-11(7-10)22-13-12(18)8-19-14(17)23-13/h8-11H,4-7H2,1-3H3,(H,19,22,23)(H,20,21,24)/t10-,11+/m1/s1. The van der Waals surface area contributed by atoms with Gasteiger partial charge in [-0.1, -0.05) is 0 Å². The molecule has 1 fully saturated rings. The van der Waals surface area contributed by atoms with E-state index in [4.69, 9.17) is 16.3 Å². The van der Waals surface area contributed by atoms with Gasteiger partial charge in [-0.25, -0.2) is 14.2 Å². The molecule has 2 rings (SSSR count). The fraction of sp³-hybridized carbons (Fsp3) is 0.625. The molecule has 1 amide bonds. The molecule has 0 unspecified atom stereocenters. The van der Waals surface area contributed by atoms with E-state index in [2.05, 4.69) is 25.6 Å². The fourth-order valence-corrected chi connectivity index (χ4v) is 2.71. The highest BCUT2D eigenvalue weighted by molar-refractivity contribution is 6.28. The van der Waals surface area contributed by atoms with Crippen LogP contribution in [0.5, 0.6) is 0 Å². The average Bonchev–Trinajstić information content (AvgIpc) is 2.49. The number of amides is 1. The minimum absolute atomic E-state index is 0.00385. The van der Waals surface area contributed by atoms with Crippen molar-refractivity contribution in [2.45, 2.75) is 64.1 Å². The van der Waals surface area contributed by atoms with Gasteiger partial charge in [0.25, 0.3) is 0 Å². The van der Waals surface area contributed by atoms with Crippen molar-refractivity contribution in [2.75, 3.05) is 5.32 Å². The molecule has 2 atom stereocenters. The van der Waals surface area contributed by atoms with E-state index < -0.39 is 17.5 Å². The zero-order chi connectivity index (χ0) is 18.4. The number of aliphatic imine (C=N–C) groups is 1. The van der Waals surface area contributed by atoms with E-state index in [1.165, 1.54) is 6.34 Å². The second kappa shape index (κ2) is 8.42. The molecule has 0 bridgehead atoms. The van der Waals surface area contributed by atoms with Gasteiger partial charge in [0, 0.05) is 6.04 Å². The second-order valence-corrected chi connectivity index (χ2v) is 7.26. The molecular formula is C16H23ClFN5O2. The van der Waals surface area contributed by atoms with Crippen molar-refractivity contribution in [1.82, 2.24) is 15.3 Å². The number of aromatic nitrogens is 2. The summed E-state index contributed by atoms with van der Waals surface area (Å²) in [5, 5.41) is 5.55. The lowest BCUT2D eigenvalue weighted by Crippen LogP contribution is -2.33. The molecule has 1 aliphatic carbocycles. The number of ether oxygens (including phenoxy) is 1. The van der Waals surface area contributed by atoms with Crippen LogP contribution in [0, 0.1) is 5.82 Å². The summed E-state index contributed by atoms with van der Waals surface area (Å²) in [6.07, 6.45) is 5.29. The second-order valence-electron chi connectivity index (χ2n) is 6.92. The van der Waals surface area contributed by atoms with Crippen molar-refractivity contribution >= 4 is 29.9 Å². The lowest BCUT2D eigenvalue weighted by Gasteiger charge is -2.28. The highest BCUT2D eigenvalue weighted by Gasteiger charge is 2.23. The zero-order valence-corrected chi connectivity index (χ0v) is 15.3. The first kappa shape index (κ1) is 19.4. The van der Waals surface area contributed by atoms with Crippen LogP contribution in [-0.2, 0) is 4.74 Å². The first-order valence-corrected chi connectivity index (χ1v) is 8.56. The van der Waals surface area contributed by atoms with Crippen molar-refractivity contribution in [3.8, 4) is 0 Å². The summed E-state index contributed by atoms with van der Waals surface area (Å²) in [4.78, 5) is 23.4. The quantitative estimate of drug-likeness (QED) is 0.480. The van der Waals surface area contributed by atoms with Crippen LogP contribution in [0.3, 0.4) is 0 Å². The lowest BCUT2D eigenvalue weighted by molar-refractivity contribution is 0.0565. The lowest BCUT2D eigenvalue weighted by atomic mass is 9.91. The van der Waals surface area contributed by atoms with Gasteiger partial charge in [0.05, 0.1) is 18.6 Å². The molecule has 0 radical (unpaired) electrons. The summed E-state index contributed by atoms with van der Waals surface area (Å²) in [7, 11) is 0. The number of carbonyl (C=O) groups is 1. The zero-order valence-electron chi connectivity index (χ0n) is 14.6. The van der Waals surface area contributed by atoms with Crippen LogP contribution in [-0.4, -0.2) is 40.1 Å². The molecule has 1 aliphatic rings. The van der Waals surface area contributed by atoms with Crippen LogP contribution >= 0.6 is 11.6 Å². The van der Waals surface area contributed by atoms with Crippen LogP contribution in [0.15, 0.2) is 11.2 Å². The largest absolute Gasteiger partial charge is 0.444 e. The number of hydrogen-bond donors (Lipinski definition) is 2. The molecule has 0 saturated heterocycles. The number of nitrogens with one attached hydrogen (secondary N) is 2. The van der Waals surface area contributed by atoms with E-state index in [0.717, 1.165) is 25.5 Å². The summed E-state index contributed by atoms with van der Waals surface area (Å²) in [6.45, 7) is 5.37. The maximum absolute atomic E-state index is 13.7. The minimum atomic E-state index is -0.555. The third-order valence-corrected chi connectivity index (χ3v) is 3.75. The van der Waals surface area contributed by atoms with Gasteiger partial charge < -0.3 is 10.1 Å². The third-order valence-electron chi connectivity index (χ3n) is 3.57. The monoisotopic (exact) mass is 371 g/mol. The Balaban J connectivity index is 1.85. The van der Waals surface area contributed by atoms with Gasteiger partial charge in [-0.3, -0.25) is 10.3 Å². The van der Waals surface area contributed by atoms with Gasteiger partial charge in [0.15, 0.2) is 11.6 Å². The number of nitrogens with zero attached hydrogens (tertiary/aromatic N) is 3. The predicted molar refractivity (Wildman–Crippen MR) is 94.5 cm³/mol. The van der Waals surface area contributed by atoms with Gasteiger partial charge in [-0.15, -0.1) is 0 Å². The summed E-state index contributed by atoms with van der Waals surface area (Å²) in [5.74, 6) is -0.442. The summed E-state index contributed by atoms with van der Waals surface area (Å²) in [6, 6.07) is 0.0550. The predicted octanol–water partition coefficient (Wildman–Crippen LogP) is 3.55. The number of alkyl carbamates (subject to hydrolysis) is 1. The Morgan fingerprint density at radius 3 is 2.96 bits per heavy atom. The normalized spacial score (nSPS) is 21.2. The molecule has 1 aromatic heterocycles. The van der Waals surface area contributed by atoms with E-state index in [9.17, 15) is 9.18 Å². The van der Waals surface area contributed by atoms with Crippen molar-refractivity contribution in [3.63, 3.8) is 0 Å². The van der Waals surface area contributed by atoms with Gasteiger partial charge in [-0.05, 0) is 58.1 Å². The van der Waals surface area contributed by atoms with E-state index in [1.807, 2.05) is 0 Å². The van der Waals surface area contributed by atoms with Crippen LogP contribution in [0.1, 0.15) is 46.5 Å². The maximum Gasteiger partial charge on any atom is 0.412 e. The van der Waals surface area contributed by atoms with Crippen LogP contribution in [0.2, 0.25) is 5.28 Å². The molecule has 9 heteroatoms. The Hall–Kier alpha value is -1.96. The Bertz CT molecular complexity index is 635.